The van der Waals surface area contributed by atoms with Crippen molar-refractivity contribution < 1.29 is 4.74 Å². The summed E-state index contributed by atoms with van der Waals surface area (Å²) in [7, 11) is 0. The van der Waals surface area contributed by atoms with Crippen LogP contribution in [0.5, 0.6) is 0 Å². The van der Waals surface area contributed by atoms with Crippen LogP contribution < -0.4 is 0 Å². The molecule has 12 heavy (non-hydrogen) atoms. The number of rotatable bonds is 6. The molecule has 0 aromatic carbocycles. The van der Waals surface area contributed by atoms with Crippen LogP contribution in [0.4, 0.5) is 0 Å². The fraction of sp³-hybridized carbons (Fsp3) is 1.00. The van der Waals surface area contributed by atoms with Crippen molar-refractivity contribution in [1.29, 1.82) is 0 Å². The zero-order valence-corrected chi connectivity index (χ0v) is 9.31. The maximum atomic E-state index is 5.48. The van der Waals surface area contributed by atoms with Crippen LogP contribution in [0.15, 0.2) is 0 Å². The lowest BCUT2D eigenvalue weighted by molar-refractivity contribution is 0.0698. The van der Waals surface area contributed by atoms with E-state index in [2.05, 4.69) is 34.6 Å². The second-order valence-corrected chi connectivity index (χ2v) is 4.54. The molecule has 0 aromatic heterocycles. The van der Waals surface area contributed by atoms with Crippen molar-refractivity contribution in [2.45, 2.75) is 60.0 Å². The van der Waals surface area contributed by atoms with E-state index in [1.54, 1.807) is 0 Å². The summed E-state index contributed by atoms with van der Waals surface area (Å²) < 4.78 is 5.48. The summed E-state index contributed by atoms with van der Waals surface area (Å²) in [5.41, 5.74) is 0.500. The minimum atomic E-state index is 0.384. The maximum absolute atomic E-state index is 5.48. The summed E-state index contributed by atoms with van der Waals surface area (Å²) in [5, 5.41) is 0. The summed E-state index contributed by atoms with van der Waals surface area (Å²) >= 11 is 0. The summed E-state index contributed by atoms with van der Waals surface area (Å²) in [6.45, 7) is 12.0. The molecule has 0 fully saturated rings. The number of hydrogen-bond donors (Lipinski definition) is 0. The minimum absolute atomic E-state index is 0.384. The molecule has 0 aliphatic heterocycles. The predicted molar refractivity (Wildman–Crippen MR) is 54.4 cm³/mol. The van der Waals surface area contributed by atoms with Crippen molar-refractivity contribution in [2.75, 3.05) is 6.61 Å². The Morgan fingerprint density at radius 2 is 1.83 bits per heavy atom. The Balaban J connectivity index is 3.31. The van der Waals surface area contributed by atoms with Gasteiger partial charge in [-0.2, -0.15) is 0 Å². The van der Waals surface area contributed by atoms with Gasteiger partial charge in [0.15, 0.2) is 0 Å². The molecule has 0 unspecified atom stereocenters. The normalized spacial score (nSPS) is 12.5. The molecule has 0 aliphatic carbocycles. The van der Waals surface area contributed by atoms with E-state index in [0.29, 0.717) is 11.5 Å². The molecule has 0 spiro atoms. The topological polar surface area (TPSA) is 9.23 Å². The van der Waals surface area contributed by atoms with E-state index in [-0.39, 0.29) is 0 Å². The van der Waals surface area contributed by atoms with E-state index in [9.17, 15) is 0 Å². The average Bonchev–Trinajstić information content (AvgIpc) is 1.98. The van der Waals surface area contributed by atoms with Gasteiger partial charge < -0.3 is 4.74 Å². The van der Waals surface area contributed by atoms with Crippen LogP contribution in [-0.4, -0.2) is 12.7 Å². The third-order valence-electron chi connectivity index (χ3n) is 2.41. The molecule has 0 atom stereocenters. The molecule has 1 heteroatoms. The van der Waals surface area contributed by atoms with Gasteiger partial charge in [-0.25, -0.2) is 0 Å². The summed E-state index contributed by atoms with van der Waals surface area (Å²) in [6.07, 6.45) is 4.11. The SMILES string of the molecule is CCC(C)(C)CCCOC(C)C. The van der Waals surface area contributed by atoms with Crippen molar-refractivity contribution in [3.63, 3.8) is 0 Å². The van der Waals surface area contributed by atoms with Crippen LogP contribution in [0.2, 0.25) is 0 Å². The lowest BCUT2D eigenvalue weighted by atomic mass is 9.85. The highest BCUT2D eigenvalue weighted by atomic mass is 16.5. The van der Waals surface area contributed by atoms with Gasteiger partial charge in [0, 0.05) is 6.61 Å². The molecule has 0 amide bonds. The van der Waals surface area contributed by atoms with Gasteiger partial charge >= 0.3 is 0 Å². The van der Waals surface area contributed by atoms with E-state index in [1.807, 2.05) is 0 Å². The average molecular weight is 172 g/mol. The zero-order valence-electron chi connectivity index (χ0n) is 9.31. The van der Waals surface area contributed by atoms with Gasteiger partial charge in [0.2, 0.25) is 0 Å². The Morgan fingerprint density at radius 3 is 2.25 bits per heavy atom. The summed E-state index contributed by atoms with van der Waals surface area (Å²) in [4.78, 5) is 0. The fourth-order valence-corrected chi connectivity index (χ4v) is 1.05. The Morgan fingerprint density at radius 1 is 1.25 bits per heavy atom. The largest absolute Gasteiger partial charge is 0.379 e. The lowest BCUT2D eigenvalue weighted by Crippen LogP contribution is -2.12. The van der Waals surface area contributed by atoms with E-state index in [1.165, 1.54) is 19.3 Å². The Labute approximate surface area is 77.5 Å². The van der Waals surface area contributed by atoms with Gasteiger partial charge in [0.05, 0.1) is 6.10 Å². The zero-order chi connectivity index (χ0) is 9.61. The smallest absolute Gasteiger partial charge is 0.0518 e. The minimum Gasteiger partial charge on any atom is -0.379 e. The van der Waals surface area contributed by atoms with Crippen molar-refractivity contribution in [2.24, 2.45) is 5.41 Å². The first-order chi connectivity index (χ1) is 5.48. The van der Waals surface area contributed by atoms with Gasteiger partial charge in [0.1, 0.15) is 0 Å². The van der Waals surface area contributed by atoms with E-state index >= 15 is 0 Å². The third-order valence-corrected chi connectivity index (χ3v) is 2.41. The second kappa shape index (κ2) is 5.58. The molecule has 0 saturated carbocycles. The standard InChI is InChI=1S/C11H24O/c1-6-11(4,5)8-7-9-12-10(2)3/h10H,6-9H2,1-5H3. The first kappa shape index (κ1) is 12.0. The van der Waals surface area contributed by atoms with Crippen LogP contribution in [0.3, 0.4) is 0 Å². The third kappa shape index (κ3) is 6.66. The lowest BCUT2D eigenvalue weighted by Gasteiger charge is -2.22. The predicted octanol–water partition coefficient (Wildman–Crippen LogP) is 3.63. The van der Waals surface area contributed by atoms with E-state index in [0.717, 1.165) is 6.61 Å². The summed E-state index contributed by atoms with van der Waals surface area (Å²) in [6, 6.07) is 0. The second-order valence-electron chi connectivity index (χ2n) is 4.54. The van der Waals surface area contributed by atoms with E-state index in [4.69, 9.17) is 4.74 Å². The molecule has 0 aromatic rings. The molecule has 0 heterocycles. The fourth-order valence-electron chi connectivity index (χ4n) is 1.05. The van der Waals surface area contributed by atoms with Crippen molar-refractivity contribution >= 4 is 0 Å². The first-order valence-electron chi connectivity index (χ1n) is 5.09. The molecule has 0 rings (SSSR count). The highest BCUT2D eigenvalue weighted by Gasteiger charge is 2.13. The summed E-state index contributed by atoms with van der Waals surface area (Å²) in [5.74, 6) is 0. The molecule has 0 bridgehead atoms. The van der Waals surface area contributed by atoms with E-state index < -0.39 is 0 Å². The Bertz CT molecular complexity index is 106. The molecular formula is C11H24O. The molecule has 0 N–H and O–H groups in total. The van der Waals surface area contributed by atoms with Gasteiger partial charge in [-0.15, -0.1) is 0 Å². The van der Waals surface area contributed by atoms with Crippen LogP contribution in [0.25, 0.3) is 0 Å². The van der Waals surface area contributed by atoms with Crippen LogP contribution in [-0.2, 0) is 4.74 Å². The maximum Gasteiger partial charge on any atom is 0.0518 e. The quantitative estimate of drug-likeness (QED) is 0.556. The molecule has 1 nitrogen and oxygen atoms in total. The molecule has 0 aliphatic rings. The van der Waals surface area contributed by atoms with Gasteiger partial charge in [-0.3, -0.25) is 0 Å². The highest BCUT2D eigenvalue weighted by molar-refractivity contribution is 4.65. The van der Waals surface area contributed by atoms with Crippen LogP contribution in [0.1, 0.15) is 53.9 Å². The number of ether oxygens (including phenoxy) is 1. The molecule has 0 saturated heterocycles. The number of hydrogen-bond acceptors (Lipinski definition) is 1. The Kier molecular flexibility index (Phi) is 5.56. The van der Waals surface area contributed by atoms with Gasteiger partial charge in [-0.05, 0) is 32.1 Å². The molecule has 0 radical (unpaired) electrons. The van der Waals surface area contributed by atoms with Crippen molar-refractivity contribution in [3.05, 3.63) is 0 Å². The molecule has 74 valence electrons. The van der Waals surface area contributed by atoms with Crippen molar-refractivity contribution in [1.82, 2.24) is 0 Å². The van der Waals surface area contributed by atoms with Gasteiger partial charge in [-0.1, -0.05) is 27.2 Å². The monoisotopic (exact) mass is 172 g/mol. The Hall–Kier alpha value is -0.0400. The van der Waals surface area contributed by atoms with Gasteiger partial charge in [0.25, 0.3) is 0 Å². The van der Waals surface area contributed by atoms with Crippen LogP contribution >= 0.6 is 0 Å². The van der Waals surface area contributed by atoms with Crippen LogP contribution in [0, 0.1) is 5.41 Å². The molecular weight excluding hydrogens is 148 g/mol. The van der Waals surface area contributed by atoms with Crippen molar-refractivity contribution in [3.8, 4) is 0 Å². The first-order valence-corrected chi connectivity index (χ1v) is 5.09. The highest BCUT2D eigenvalue weighted by Crippen LogP contribution is 2.25.